The van der Waals surface area contributed by atoms with Crippen molar-refractivity contribution in [3.8, 4) is 0 Å². The van der Waals surface area contributed by atoms with Crippen molar-refractivity contribution in [1.82, 2.24) is 24.8 Å². The SMILES string of the molecule is Cc1nnc(NC(=O)c2cc3nc4c(c(C(F)(F)F)n3n2)CCC4)s1. The molecule has 4 rings (SSSR count). The first-order valence-corrected chi connectivity index (χ1v) is 8.25. The van der Waals surface area contributed by atoms with Crippen molar-refractivity contribution >= 4 is 28.0 Å². The molecule has 0 aromatic carbocycles. The summed E-state index contributed by atoms with van der Waals surface area (Å²) < 4.78 is 41.3. The monoisotopic (exact) mass is 368 g/mol. The second kappa shape index (κ2) is 5.48. The number of nitrogens with one attached hydrogen (secondary N) is 1. The van der Waals surface area contributed by atoms with E-state index >= 15 is 0 Å². The van der Waals surface area contributed by atoms with Crippen LogP contribution in [0.1, 0.15) is 38.9 Å². The highest BCUT2D eigenvalue weighted by atomic mass is 32.1. The van der Waals surface area contributed by atoms with Gasteiger partial charge in [-0.15, -0.1) is 10.2 Å². The van der Waals surface area contributed by atoms with E-state index in [1.807, 2.05) is 0 Å². The number of aromatic nitrogens is 5. The highest BCUT2D eigenvalue weighted by molar-refractivity contribution is 7.15. The maximum absolute atomic E-state index is 13.5. The number of fused-ring (bicyclic) bond motifs is 2. The number of amides is 1. The number of carbonyl (C=O) groups is 1. The molecule has 3 aromatic heterocycles. The molecule has 25 heavy (non-hydrogen) atoms. The number of rotatable bonds is 2. The van der Waals surface area contributed by atoms with Crippen molar-refractivity contribution in [1.29, 1.82) is 0 Å². The highest BCUT2D eigenvalue weighted by Crippen LogP contribution is 2.36. The summed E-state index contributed by atoms with van der Waals surface area (Å²) in [7, 11) is 0. The number of halogens is 3. The fourth-order valence-corrected chi connectivity index (χ4v) is 3.49. The van der Waals surface area contributed by atoms with E-state index in [0.29, 0.717) is 34.5 Å². The fraction of sp³-hybridized carbons (Fsp3) is 0.357. The maximum Gasteiger partial charge on any atom is 0.433 e. The van der Waals surface area contributed by atoms with Crippen molar-refractivity contribution in [3.63, 3.8) is 0 Å². The molecule has 0 fully saturated rings. The Kier molecular flexibility index (Phi) is 3.49. The van der Waals surface area contributed by atoms with E-state index in [4.69, 9.17) is 0 Å². The second-order valence-electron chi connectivity index (χ2n) is 5.62. The molecule has 1 N–H and O–H groups in total. The molecule has 0 unspecified atom stereocenters. The van der Waals surface area contributed by atoms with E-state index in [2.05, 4.69) is 25.6 Å². The Balaban J connectivity index is 1.79. The third-order valence-electron chi connectivity index (χ3n) is 3.87. The Morgan fingerprint density at radius 2 is 2.12 bits per heavy atom. The van der Waals surface area contributed by atoms with E-state index in [0.717, 1.165) is 11.3 Å². The molecule has 7 nitrogen and oxygen atoms in total. The number of hydrogen-bond donors (Lipinski definition) is 1. The average molecular weight is 368 g/mol. The Morgan fingerprint density at radius 1 is 1.32 bits per heavy atom. The summed E-state index contributed by atoms with van der Waals surface area (Å²) in [6, 6.07) is 1.25. The molecule has 1 aliphatic rings. The van der Waals surface area contributed by atoms with Gasteiger partial charge >= 0.3 is 6.18 Å². The molecule has 0 saturated carbocycles. The lowest BCUT2D eigenvalue weighted by atomic mass is 10.1. The maximum atomic E-state index is 13.5. The molecule has 0 aliphatic heterocycles. The Labute approximate surface area is 142 Å². The molecule has 0 saturated heterocycles. The van der Waals surface area contributed by atoms with Crippen LogP contribution in [0.25, 0.3) is 5.65 Å². The zero-order chi connectivity index (χ0) is 17.8. The largest absolute Gasteiger partial charge is 0.433 e. The van der Waals surface area contributed by atoms with E-state index < -0.39 is 17.8 Å². The number of alkyl halides is 3. The van der Waals surface area contributed by atoms with Crippen LogP contribution in [-0.2, 0) is 19.0 Å². The number of nitrogens with zero attached hydrogens (tertiary/aromatic N) is 5. The van der Waals surface area contributed by atoms with Crippen molar-refractivity contribution in [3.05, 3.63) is 33.7 Å². The summed E-state index contributed by atoms with van der Waals surface area (Å²) in [6.07, 6.45) is -3.15. The minimum Gasteiger partial charge on any atom is -0.295 e. The van der Waals surface area contributed by atoms with Crippen LogP contribution in [0.2, 0.25) is 0 Å². The third-order valence-corrected chi connectivity index (χ3v) is 4.63. The van der Waals surface area contributed by atoms with E-state index in [9.17, 15) is 18.0 Å². The van der Waals surface area contributed by atoms with E-state index in [-0.39, 0.29) is 22.0 Å². The zero-order valence-corrected chi connectivity index (χ0v) is 13.7. The van der Waals surface area contributed by atoms with Gasteiger partial charge in [0.1, 0.15) is 5.01 Å². The van der Waals surface area contributed by atoms with Crippen molar-refractivity contribution in [2.45, 2.75) is 32.4 Å². The molecule has 3 aromatic rings. The highest BCUT2D eigenvalue weighted by Gasteiger charge is 2.40. The fourth-order valence-electron chi connectivity index (χ4n) is 2.90. The van der Waals surface area contributed by atoms with Crippen molar-refractivity contribution in [2.24, 2.45) is 0 Å². The molecule has 3 heterocycles. The summed E-state index contributed by atoms with van der Waals surface area (Å²) in [6.45, 7) is 1.72. The topological polar surface area (TPSA) is 85.1 Å². The molecular formula is C14H11F3N6OS. The lowest BCUT2D eigenvalue weighted by Crippen LogP contribution is -2.18. The second-order valence-corrected chi connectivity index (χ2v) is 6.80. The summed E-state index contributed by atoms with van der Waals surface area (Å²) in [5.41, 5.74) is -0.418. The van der Waals surface area contributed by atoms with Gasteiger partial charge in [-0.05, 0) is 26.2 Å². The van der Waals surface area contributed by atoms with Gasteiger partial charge in [-0.1, -0.05) is 11.3 Å². The summed E-state index contributed by atoms with van der Waals surface area (Å²) in [5.74, 6) is -0.657. The quantitative estimate of drug-likeness (QED) is 0.752. The summed E-state index contributed by atoms with van der Waals surface area (Å²) in [5, 5.41) is 14.7. The van der Waals surface area contributed by atoms with Crippen LogP contribution >= 0.6 is 11.3 Å². The van der Waals surface area contributed by atoms with Gasteiger partial charge in [0.15, 0.2) is 17.0 Å². The minimum atomic E-state index is -4.58. The Hall–Kier alpha value is -2.56. The smallest absolute Gasteiger partial charge is 0.295 e. The van der Waals surface area contributed by atoms with Gasteiger partial charge in [-0.2, -0.15) is 18.3 Å². The molecule has 130 valence electrons. The van der Waals surface area contributed by atoms with Gasteiger partial charge in [0.2, 0.25) is 5.13 Å². The normalized spacial score (nSPS) is 14.1. The van der Waals surface area contributed by atoms with Crippen LogP contribution in [0.3, 0.4) is 0 Å². The van der Waals surface area contributed by atoms with Crippen LogP contribution in [-0.4, -0.2) is 30.7 Å². The molecule has 0 spiro atoms. The van der Waals surface area contributed by atoms with Gasteiger partial charge in [0, 0.05) is 17.3 Å². The van der Waals surface area contributed by atoms with Crippen LogP contribution in [0, 0.1) is 6.92 Å². The average Bonchev–Trinajstić information content (AvgIpc) is 3.22. The van der Waals surface area contributed by atoms with Crippen LogP contribution < -0.4 is 5.32 Å². The number of aryl methyl sites for hydroxylation is 2. The standard InChI is InChI=1S/C14H11F3N6OS/c1-6-20-21-13(25-6)19-12(24)9-5-10-18-8-4-2-3-7(8)11(14(15,16)17)23(10)22-9/h5H,2-4H2,1H3,(H,19,21,24). The molecular weight excluding hydrogens is 357 g/mol. The van der Waals surface area contributed by atoms with Gasteiger partial charge in [0.05, 0.1) is 0 Å². The number of anilines is 1. The summed E-state index contributed by atoms with van der Waals surface area (Å²) >= 11 is 1.16. The van der Waals surface area contributed by atoms with Gasteiger partial charge < -0.3 is 0 Å². The van der Waals surface area contributed by atoms with Crippen LogP contribution in [0.4, 0.5) is 18.3 Å². The Bertz CT molecular complexity index is 993. The van der Waals surface area contributed by atoms with Crippen LogP contribution in [0.5, 0.6) is 0 Å². The molecule has 0 bridgehead atoms. The van der Waals surface area contributed by atoms with Crippen molar-refractivity contribution in [2.75, 3.05) is 5.32 Å². The van der Waals surface area contributed by atoms with E-state index in [1.54, 1.807) is 6.92 Å². The van der Waals surface area contributed by atoms with Gasteiger partial charge in [-0.3, -0.25) is 10.1 Å². The minimum absolute atomic E-state index is 0.00608. The lowest BCUT2D eigenvalue weighted by Gasteiger charge is -2.13. The van der Waals surface area contributed by atoms with Crippen LogP contribution in [0.15, 0.2) is 6.07 Å². The van der Waals surface area contributed by atoms with Gasteiger partial charge in [-0.25, -0.2) is 9.50 Å². The molecule has 0 radical (unpaired) electrons. The lowest BCUT2D eigenvalue weighted by molar-refractivity contribution is -0.143. The molecule has 0 atom stereocenters. The summed E-state index contributed by atoms with van der Waals surface area (Å²) in [4.78, 5) is 16.5. The third kappa shape index (κ3) is 2.73. The molecule has 11 heteroatoms. The molecule has 1 amide bonds. The molecule has 1 aliphatic carbocycles. The first-order valence-electron chi connectivity index (χ1n) is 7.43. The number of hydrogen-bond acceptors (Lipinski definition) is 6. The van der Waals surface area contributed by atoms with E-state index in [1.165, 1.54) is 6.07 Å². The zero-order valence-electron chi connectivity index (χ0n) is 12.9. The number of carbonyl (C=O) groups excluding carboxylic acids is 1. The Morgan fingerprint density at radius 3 is 2.80 bits per heavy atom. The predicted octanol–water partition coefficient (Wildman–Crippen LogP) is 2.65. The van der Waals surface area contributed by atoms with Crippen molar-refractivity contribution < 1.29 is 18.0 Å². The van der Waals surface area contributed by atoms with Gasteiger partial charge in [0.25, 0.3) is 5.91 Å². The first kappa shape index (κ1) is 15.9. The predicted molar refractivity (Wildman–Crippen MR) is 82.6 cm³/mol. The first-order chi connectivity index (χ1) is 11.8.